The molecule has 0 saturated heterocycles. The molecule has 0 bridgehead atoms. The lowest BCUT2D eigenvalue weighted by Crippen LogP contribution is -2.03. The zero-order valence-corrected chi connectivity index (χ0v) is 12.9. The Bertz CT molecular complexity index is 1100. The van der Waals surface area contributed by atoms with E-state index in [1.807, 2.05) is 0 Å². The molecular formula is C18H12O7. The van der Waals surface area contributed by atoms with Gasteiger partial charge < -0.3 is 29.6 Å². The van der Waals surface area contributed by atoms with Gasteiger partial charge in [-0.1, -0.05) is 5.92 Å². The van der Waals surface area contributed by atoms with Crippen LogP contribution in [0.1, 0.15) is 6.92 Å². The predicted molar refractivity (Wildman–Crippen MR) is 88.7 cm³/mol. The number of rotatable bonds is 2. The van der Waals surface area contributed by atoms with Gasteiger partial charge in [0.15, 0.2) is 17.3 Å². The molecule has 7 nitrogen and oxygen atoms in total. The number of aromatic hydroxyl groups is 4. The van der Waals surface area contributed by atoms with Crippen molar-refractivity contribution < 1.29 is 29.6 Å². The van der Waals surface area contributed by atoms with E-state index in [0.29, 0.717) is 0 Å². The summed E-state index contributed by atoms with van der Waals surface area (Å²) >= 11 is 0. The van der Waals surface area contributed by atoms with Gasteiger partial charge in [0.1, 0.15) is 28.6 Å². The summed E-state index contributed by atoms with van der Waals surface area (Å²) in [6.45, 7) is 1.56. The first-order valence-electron chi connectivity index (χ1n) is 7.06. The van der Waals surface area contributed by atoms with Gasteiger partial charge in [0.05, 0.1) is 0 Å². The third kappa shape index (κ3) is 2.77. The van der Waals surface area contributed by atoms with Gasteiger partial charge >= 0.3 is 0 Å². The fourth-order valence-corrected chi connectivity index (χ4v) is 2.29. The van der Waals surface area contributed by atoms with Crippen molar-refractivity contribution in [2.75, 3.05) is 0 Å². The summed E-state index contributed by atoms with van der Waals surface area (Å²) in [4.78, 5) is 12.4. The Morgan fingerprint density at radius 3 is 2.44 bits per heavy atom. The molecule has 2 aromatic carbocycles. The largest absolute Gasteiger partial charge is 0.507 e. The SMILES string of the molecule is CC#COc1cc(O)c2c(=O)c(O)c(-c3ccc(O)c(O)c3)oc2c1. The first-order valence-corrected chi connectivity index (χ1v) is 7.06. The summed E-state index contributed by atoms with van der Waals surface area (Å²) in [6, 6.07) is 6.17. The molecule has 0 aliphatic heterocycles. The first kappa shape index (κ1) is 16.1. The maximum Gasteiger partial charge on any atom is 0.238 e. The summed E-state index contributed by atoms with van der Waals surface area (Å²) in [6.07, 6.45) is 2.35. The zero-order valence-electron chi connectivity index (χ0n) is 12.9. The van der Waals surface area contributed by atoms with Crippen molar-refractivity contribution in [3.8, 4) is 52.1 Å². The number of hydrogen-bond acceptors (Lipinski definition) is 7. The fraction of sp³-hybridized carbons (Fsp3) is 0.0556. The van der Waals surface area contributed by atoms with Gasteiger partial charge in [-0.3, -0.25) is 4.79 Å². The van der Waals surface area contributed by atoms with Crippen molar-refractivity contribution in [1.29, 1.82) is 0 Å². The van der Waals surface area contributed by atoms with E-state index in [2.05, 4.69) is 12.0 Å². The summed E-state index contributed by atoms with van der Waals surface area (Å²) in [5.74, 6) is 0.445. The van der Waals surface area contributed by atoms with E-state index in [0.717, 1.165) is 6.07 Å². The Balaban J connectivity index is 2.29. The highest BCUT2D eigenvalue weighted by atomic mass is 16.5. The smallest absolute Gasteiger partial charge is 0.238 e. The van der Waals surface area contributed by atoms with Gasteiger partial charge in [-0.2, -0.15) is 0 Å². The van der Waals surface area contributed by atoms with Gasteiger partial charge in [0.2, 0.25) is 11.2 Å². The Morgan fingerprint density at radius 1 is 1.00 bits per heavy atom. The molecule has 4 N–H and O–H groups in total. The van der Waals surface area contributed by atoms with Gasteiger partial charge in [-0.15, -0.1) is 0 Å². The molecule has 25 heavy (non-hydrogen) atoms. The highest BCUT2D eigenvalue weighted by molar-refractivity contribution is 5.88. The van der Waals surface area contributed by atoms with E-state index >= 15 is 0 Å². The molecule has 3 aromatic rings. The van der Waals surface area contributed by atoms with Crippen LogP contribution in [0, 0.1) is 12.0 Å². The van der Waals surface area contributed by atoms with Crippen LogP contribution in [0.2, 0.25) is 0 Å². The summed E-state index contributed by atoms with van der Waals surface area (Å²) < 4.78 is 10.6. The van der Waals surface area contributed by atoms with Crippen molar-refractivity contribution in [3.05, 3.63) is 40.6 Å². The van der Waals surface area contributed by atoms with Crippen molar-refractivity contribution in [3.63, 3.8) is 0 Å². The van der Waals surface area contributed by atoms with Crippen LogP contribution in [0.4, 0.5) is 0 Å². The van der Waals surface area contributed by atoms with Gasteiger partial charge in [0, 0.05) is 24.6 Å². The van der Waals surface area contributed by atoms with Crippen LogP contribution < -0.4 is 10.2 Å². The summed E-state index contributed by atoms with van der Waals surface area (Å²) in [5, 5.41) is 38.9. The predicted octanol–water partition coefficient (Wildman–Crippen LogP) is 2.64. The van der Waals surface area contributed by atoms with Crippen molar-refractivity contribution >= 4 is 11.0 Å². The molecule has 0 radical (unpaired) electrons. The number of phenols is 3. The number of hydrogen-bond donors (Lipinski definition) is 4. The highest BCUT2D eigenvalue weighted by Crippen LogP contribution is 2.37. The van der Waals surface area contributed by atoms with Crippen LogP contribution >= 0.6 is 0 Å². The first-order chi connectivity index (χ1) is 11.9. The number of fused-ring (bicyclic) bond motifs is 1. The topological polar surface area (TPSA) is 120 Å². The Hall–Kier alpha value is -3.79. The van der Waals surface area contributed by atoms with Gasteiger partial charge in [0.25, 0.3) is 0 Å². The molecule has 0 fully saturated rings. The lowest BCUT2D eigenvalue weighted by molar-refractivity contribution is 0.403. The molecule has 126 valence electrons. The summed E-state index contributed by atoms with van der Waals surface area (Å²) in [5.41, 5.74) is -0.737. The van der Waals surface area contributed by atoms with Crippen LogP contribution in [-0.2, 0) is 0 Å². The molecule has 3 rings (SSSR count). The van der Waals surface area contributed by atoms with Crippen molar-refractivity contribution in [2.24, 2.45) is 0 Å². The maximum absolute atomic E-state index is 12.4. The standard InChI is InChI=1S/C18H12O7/c1-2-5-24-10-7-13(21)15-14(8-10)25-18(17(23)16(15)22)9-3-4-11(19)12(20)6-9/h3-4,6-8,19-21,23H,1H3. The van der Waals surface area contributed by atoms with Crippen LogP contribution in [0.3, 0.4) is 0 Å². The van der Waals surface area contributed by atoms with E-state index in [1.165, 1.54) is 24.3 Å². The number of ether oxygens (including phenoxy) is 1. The van der Waals surface area contributed by atoms with Gasteiger partial charge in [-0.25, -0.2) is 0 Å². The lowest BCUT2D eigenvalue weighted by atomic mass is 10.1. The Morgan fingerprint density at radius 2 is 1.76 bits per heavy atom. The minimum Gasteiger partial charge on any atom is -0.507 e. The van der Waals surface area contributed by atoms with E-state index in [-0.39, 0.29) is 33.8 Å². The summed E-state index contributed by atoms with van der Waals surface area (Å²) in [7, 11) is 0. The van der Waals surface area contributed by atoms with E-state index in [9.17, 15) is 25.2 Å². The normalized spacial score (nSPS) is 10.3. The average molecular weight is 340 g/mol. The minimum atomic E-state index is -0.852. The molecule has 7 heteroatoms. The third-order valence-electron chi connectivity index (χ3n) is 3.43. The quantitative estimate of drug-likeness (QED) is 0.418. The van der Waals surface area contributed by atoms with Crippen LogP contribution in [0.5, 0.6) is 28.7 Å². The van der Waals surface area contributed by atoms with Crippen LogP contribution in [0.15, 0.2) is 39.5 Å². The zero-order chi connectivity index (χ0) is 18.1. The molecule has 1 heterocycles. The van der Waals surface area contributed by atoms with Crippen LogP contribution in [0.25, 0.3) is 22.3 Å². The van der Waals surface area contributed by atoms with Crippen LogP contribution in [-0.4, -0.2) is 20.4 Å². The monoisotopic (exact) mass is 340 g/mol. The Labute approximate surface area is 141 Å². The molecule has 0 amide bonds. The second-order valence-corrected chi connectivity index (χ2v) is 5.08. The highest BCUT2D eigenvalue weighted by Gasteiger charge is 2.19. The molecular weight excluding hydrogens is 328 g/mol. The molecule has 0 unspecified atom stereocenters. The number of benzene rings is 2. The van der Waals surface area contributed by atoms with Crippen molar-refractivity contribution in [2.45, 2.75) is 6.92 Å². The van der Waals surface area contributed by atoms with E-state index in [4.69, 9.17) is 9.15 Å². The Kier molecular flexibility index (Phi) is 3.87. The second-order valence-electron chi connectivity index (χ2n) is 5.08. The third-order valence-corrected chi connectivity index (χ3v) is 3.43. The molecule has 0 aliphatic carbocycles. The molecule has 0 atom stereocenters. The molecule has 0 aliphatic rings. The molecule has 0 spiro atoms. The van der Waals surface area contributed by atoms with E-state index < -0.39 is 22.7 Å². The molecule has 0 saturated carbocycles. The minimum absolute atomic E-state index is 0.0433. The number of phenolic OH excluding ortho intramolecular Hbond substituents is 3. The second kappa shape index (κ2) is 6.02. The van der Waals surface area contributed by atoms with Crippen molar-refractivity contribution in [1.82, 2.24) is 0 Å². The molecule has 1 aromatic heterocycles. The lowest BCUT2D eigenvalue weighted by Gasteiger charge is -2.09. The maximum atomic E-state index is 12.4. The van der Waals surface area contributed by atoms with E-state index in [1.54, 1.807) is 6.92 Å². The average Bonchev–Trinajstić information content (AvgIpc) is 2.58. The van der Waals surface area contributed by atoms with Gasteiger partial charge in [-0.05, 0) is 18.2 Å². The fourth-order valence-electron chi connectivity index (χ4n) is 2.29.